The highest BCUT2D eigenvalue weighted by Crippen LogP contribution is 1.97. The summed E-state index contributed by atoms with van der Waals surface area (Å²) in [6.45, 7) is 8.70. The van der Waals surface area contributed by atoms with Crippen molar-refractivity contribution in [3.05, 3.63) is 0 Å². The molecule has 0 heterocycles. The molecule has 96 valence electrons. The van der Waals surface area contributed by atoms with Crippen LogP contribution in [-0.2, 0) is 9.53 Å². The lowest BCUT2D eigenvalue weighted by atomic mass is 10.1. The van der Waals surface area contributed by atoms with E-state index in [9.17, 15) is 4.79 Å². The summed E-state index contributed by atoms with van der Waals surface area (Å²) in [7, 11) is 1.67. The van der Waals surface area contributed by atoms with E-state index in [2.05, 4.69) is 24.5 Å². The molecule has 0 aromatic rings. The van der Waals surface area contributed by atoms with Gasteiger partial charge >= 0.3 is 0 Å². The Kier molecular flexibility index (Phi) is 8.21. The fourth-order valence-corrected chi connectivity index (χ4v) is 1.34. The van der Waals surface area contributed by atoms with Crippen molar-refractivity contribution in [1.82, 2.24) is 10.6 Å². The zero-order valence-electron chi connectivity index (χ0n) is 11.2. The van der Waals surface area contributed by atoms with Crippen molar-refractivity contribution in [3.63, 3.8) is 0 Å². The second-order valence-electron chi connectivity index (χ2n) is 4.20. The number of hydrogen-bond donors (Lipinski definition) is 2. The van der Waals surface area contributed by atoms with Gasteiger partial charge in [-0.05, 0) is 26.7 Å². The van der Waals surface area contributed by atoms with Crippen molar-refractivity contribution in [1.29, 1.82) is 0 Å². The molecule has 0 radical (unpaired) electrons. The lowest BCUT2D eigenvalue weighted by molar-refractivity contribution is -0.123. The number of carbonyl (C=O) groups is 1. The van der Waals surface area contributed by atoms with Crippen molar-refractivity contribution in [3.8, 4) is 0 Å². The summed E-state index contributed by atoms with van der Waals surface area (Å²) in [6, 6.07) is 0.120. The number of nitrogens with one attached hydrogen (secondary N) is 2. The zero-order valence-corrected chi connectivity index (χ0v) is 11.2. The van der Waals surface area contributed by atoms with Gasteiger partial charge in [-0.15, -0.1) is 0 Å². The van der Waals surface area contributed by atoms with E-state index in [0.29, 0.717) is 6.54 Å². The van der Waals surface area contributed by atoms with Crippen molar-refractivity contribution >= 4 is 5.91 Å². The molecule has 4 heteroatoms. The van der Waals surface area contributed by atoms with Gasteiger partial charge in [0.15, 0.2) is 0 Å². The standard InChI is InChI=1S/C12H26N2O2/c1-6-11(7-2)14-12(15)10(4)13-8-9(3)16-5/h9-11,13H,6-8H2,1-5H3,(H,14,15). The first-order chi connectivity index (χ1) is 7.54. The van der Waals surface area contributed by atoms with Gasteiger partial charge in [-0.3, -0.25) is 4.79 Å². The number of methoxy groups -OCH3 is 1. The molecule has 0 spiro atoms. The van der Waals surface area contributed by atoms with E-state index < -0.39 is 0 Å². The van der Waals surface area contributed by atoms with Crippen molar-refractivity contribution < 1.29 is 9.53 Å². The molecule has 0 rings (SSSR count). The average molecular weight is 230 g/mol. The minimum atomic E-state index is -0.168. The molecule has 0 aromatic heterocycles. The molecule has 2 unspecified atom stereocenters. The van der Waals surface area contributed by atoms with E-state index >= 15 is 0 Å². The molecule has 0 aromatic carbocycles. The van der Waals surface area contributed by atoms with Gasteiger partial charge in [0.25, 0.3) is 0 Å². The van der Waals surface area contributed by atoms with Crippen LogP contribution in [0, 0.1) is 0 Å². The van der Waals surface area contributed by atoms with Crippen LogP contribution in [0.15, 0.2) is 0 Å². The van der Waals surface area contributed by atoms with E-state index in [0.717, 1.165) is 12.8 Å². The summed E-state index contributed by atoms with van der Waals surface area (Å²) in [6.07, 6.45) is 2.08. The summed E-state index contributed by atoms with van der Waals surface area (Å²) >= 11 is 0. The molecule has 16 heavy (non-hydrogen) atoms. The molecule has 1 amide bonds. The van der Waals surface area contributed by atoms with Gasteiger partial charge in [0.1, 0.15) is 0 Å². The number of hydrogen-bond acceptors (Lipinski definition) is 3. The van der Waals surface area contributed by atoms with Gasteiger partial charge in [0, 0.05) is 19.7 Å². The van der Waals surface area contributed by atoms with E-state index in [4.69, 9.17) is 4.74 Å². The van der Waals surface area contributed by atoms with Crippen molar-refractivity contribution in [2.24, 2.45) is 0 Å². The lowest BCUT2D eigenvalue weighted by Crippen LogP contribution is -2.47. The van der Waals surface area contributed by atoms with E-state index in [-0.39, 0.29) is 24.1 Å². The van der Waals surface area contributed by atoms with Gasteiger partial charge in [-0.25, -0.2) is 0 Å². The van der Waals surface area contributed by atoms with Crippen LogP contribution >= 0.6 is 0 Å². The Bertz CT molecular complexity index is 193. The van der Waals surface area contributed by atoms with Crippen LogP contribution < -0.4 is 10.6 Å². The van der Waals surface area contributed by atoms with Crippen LogP contribution in [0.25, 0.3) is 0 Å². The maximum Gasteiger partial charge on any atom is 0.237 e. The van der Waals surface area contributed by atoms with E-state index in [1.54, 1.807) is 7.11 Å². The van der Waals surface area contributed by atoms with Crippen LogP contribution in [0.3, 0.4) is 0 Å². The summed E-state index contributed by atoms with van der Waals surface area (Å²) in [4.78, 5) is 11.8. The van der Waals surface area contributed by atoms with E-state index in [1.807, 2.05) is 13.8 Å². The second-order valence-corrected chi connectivity index (χ2v) is 4.20. The highest BCUT2D eigenvalue weighted by Gasteiger charge is 2.15. The number of amides is 1. The third-order valence-electron chi connectivity index (χ3n) is 2.84. The zero-order chi connectivity index (χ0) is 12.6. The number of ether oxygens (including phenoxy) is 1. The normalized spacial score (nSPS) is 14.9. The third kappa shape index (κ3) is 6.08. The molecule has 0 aliphatic heterocycles. The van der Waals surface area contributed by atoms with Crippen LogP contribution in [0.2, 0.25) is 0 Å². The van der Waals surface area contributed by atoms with Gasteiger partial charge in [-0.2, -0.15) is 0 Å². The van der Waals surface area contributed by atoms with Gasteiger partial charge < -0.3 is 15.4 Å². The minimum Gasteiger partial charge on any atom is -0.380 e. The molecular formula is C12H26N2O2. The highest BCUT2D eigenvalue weighted by molar-refractivity contribution is 5.81. The molecular weight excluding hydrogens is 204 g/mol. The SMILES string of the molecule is CCC(CC)NC(=O)C(C)NCC(C)OC. The Hall–Kier alpha value is -0.610. The topological polar surface area (TPSA) is 50.4 Å². The van der Waals surface area contributed by atoms with Crippen LogP contribution in [0.1, 0.15) is 40.5 Å². The fourth-order valence-electron chi connectivity index (χ4n) is 1.34. The molecule has 0 aliphatic rings. The molecule has 0 saturated carbocycles. The average Bonchev–Trinajstić information content (AvgIpc) is 2.31. The smallest absolute Gasteiger partial charge is 0.237 e. The third-order valence-corrected chi connectivity index (χ3v) is 2.84. The summed E-state index contributed by atoms with van der Waals surface area (Å²) in [5.74, 6) is 0.0667. The largest absolute Gasteiger partial charge is 0.380 e. The molecule has 0 saturated heterocycles. The highest BCUT2D eigenvalue weighted by atomic mass is 16.5. The molecule has 0 aliphatic carbocycles. The maximum absolute atomic E-state index is 11.8. The Morgan fingerprint density at radius 1 is 1.25 bits per heavy atom. The second kappa shape index (κ2) is 8.53. The number of rotatable bonds is 8. The summed E-state index contributed by atoms with van der Waals surface area (Å²) in [5, 5.41) is 6.17. The molecule has 2 atom stereocenters. The van der Waals surface area contributed by atoms with Crippen molar-refractivity contribution in [2.45, 2.75) is 58.7 Å². The Morgan fingerprint density at radius 3 is 2.25 bits per heavy atom. The lowest BCUT2D eigenvalue weighted by Gasteiger charge is -2.20. The van der Waals surface area contributed by atoms with Crippen LogP contribution in [-0.4, -0.2) is 37.7 Å². The fraction of sp³-hybridized carbons (Fsp3) is 0.917. The monoisotopic (exact) mass is 230 g/mol. The van der Waals surface area contributed by atoms with Crippen LogP contribution in [0.5, 0.6) is 0 Å². The first kappa shape index (κ1) is 15.4. The number of carbonyl (C=O) groups excluding carboxylic acids is 1. The Morgan fingerprint density at radius 2 is 1.81 bits per heavy atom. The predicted octanol–water partition coefficient (Wildman–Crippen LogP) is 1.30. The summed E-state index contributed by atoms with van der Waals surface area (Å²) < 4.78 is 5.11. The summed E-state index contributed by atoms with van der Waals surface area (Å²) in [5.41, 5.74) is 0. The first-order valence-electron chi connectivity index (χ1n) is 6.11. The Labute approximate surface area is 99.1 Å². The van der Waals surface area contributed by atoms with Gasteiger partial charge in [0.2, 0.25) is 5.91 Å². The quantitative estimate of drug-likeness (QED) is 0.661. The van der Waals surface area contributed by atoms with Gasteiger partial charge in [-0.1, -0.05) is 13.8 Å². The Balaban J connectivity index is 3.89. The minimum absolute atomic E-state index is 0.0667. The molecule has 2 N–H and O–H groups in total. The van der Waals surface area contributed by atoms with E-state index in [1.165, 1.54) is 0 Å². The van der Waals surface area contributed by atoms with Crippen molar-refractivity contribution in [2.75, 3.05) is 13.7 Å². The van der Waals surface area contributed by atoms with Crippen LogP contribution in [0.4, 0.5) is 0 Å². The first-order valence-corrected chi connectivity index (χ1v) is 6.11. The van der Waals surface area contributed by atoms with Gasteiger partial charge in [0.05, 0.1) is 12.1 Å². The maximum atomic E-state index is 11.8. The predicted molar refractivity (Wildman–Crippen MR) is 66.4 cm³/mol. The molecule has 0 bridgehead atoms. The molecule has 0 fully saturated rings. The molecule has 4 nitrogen and oxygen atoms in total.